The van der Waals surface area contributed by atoms with Gasteiger partial charge in [0.25, 0.3) is 5.91 Å². The van der Waals surface area contributed by atoms with Gasteiger partial charge in [-0.05, 0) is 49.4 Å². The van der Waals surface area contributed by atoms with Gasteiger partial charge in [-0.2, -0.15) is 0 Å². The van der Waals surface area contributed by atoms with Crippen LogP contribution in [0, 0.1) is 0 Å². The molecule has 36 heavy (non-hydrogen) atoms. The molecular weight excluding hydrogens is 456 g/mol. The molecule has 1 fully saturated rings. The van der Waals surface area contributed by atoms with Gasteiger partial charge < -0.3 is 25.2 Å². The van der Waals surface area contributed by atoms with Crippen molar-refractivity contribution in [2.24, 2.45) is 5.73 Å². The van der Waals surface area contributed by atoms with Crippen LogP contribution in [0.25, 0.3) is 0 Å². The molecule has 8 nitrogen and oxygen atoms in total. The molecule has 0 saturated carbocycles. The minimum Gasteiger partial charge on any atom is -0.491 e. The molecule has 0 aromatic heterocycles. The summed E-state index contributed by atoms with van der Waals surface area (Å²) in [6, 6.07) is 16.3. The van der Waals surface area contributed by atoms with Crippen molar-refractivity contribution in [3.63, 3.8) is 0 Å². The summed E-state index contributed by atoms with van der Waals surface area (Å²) in [4.78, 5) is 44.1. The number of amides is 3. The topological polar surface area (TPSA) is 96.2 Å². The third kappa shape index (κ3) is 6.05. The van der Waals surface area contributed by atoms with Gasteiger partial charge in [0, 0.05) is 39.2 Å². The Labute approximate surface area is 213 Å². The van der Waals surface area contributed by atoms with Gasteiger partial charge in [-0.1, -0.05) is 36.4 Å². The summed E-state index contributed by atoms with van der Waals surface area (Å²) in [5.41, 5.74) is 8.06. The molecule has 3 atom stereocenters. The lowest BCUT2D eigenvalue weighted by Gasteiger charge is -2.29. The lowest BCUT2D eigenvalue weighted by molar-refractivity contribution is -0.135. The van der Waals surface area contributed by atoms with E-state index >= 15 is 0 Å². The molecule has 4 rings (SSSR count). The average Bonchev–Trinajstić information content (AvgIpc) is 3.30. The van der Waals surface area contributed by atoms with Crippen LogP contribution < -0.4 is 10.5 Å². The quantitative estimate of drug-likeness (QED) is 0.707. The maximum atomic E-state index is 13.4. The molecule has 2 aliphatic heterocycles. The van der Waals surface area contributed by atoms with Gasteiger partial charge in [-0.25, -0.2) is 0 Å². The Morgan fingerprint density at radius 2 is 1.92 bits per heavy atom. The summed E-state index contributed by atoms with van der Waals surface area (Å²) in [6.07, 6.45) is 2.48. The summed E-state index contributed by atoms with van der Waals surface area (Å²) in [6.45, 7) is 3.39. The number of hydrogen-bond donors (Lipinski definition) is 1. The van der Waals surface area contributed by atoms with Gasteiger partial charge >= 0.3 is 0 Å². The fourth-order valence-corrected chi connectivity index (χ4v) is 5.16. The molecule has 0 aliphatic carbocycles. The number of benzene rings is 2. The SMILES string of the molecule is CC(=O)N(CCc1ccccc1)[C@H]1C[C@H]2COc3cccc(c3)C(=O)N(C)CCC[C@H](N)C(=O)N2C1. The van der Waals surface area contributed by atoms with Gasteiger partial charge in [0.05, 0.1) is 18.1 Å². The summed E-state index contributed by atoms with van der Waals surface area (Å²) >= 11 is 0. The zero-order chi connectivity index (χ0) is 25.7. The predicted molar refractivity (Wildman–Crippen MR) is 138 cm³/mol. The summed E-state index contributed by atoms with van der Waals surface area (Å²) in [7, 11) is 1.75. The second-order valence-corrected chi connectivity index (χ2v) is 9.80. The van der Waals surface area contributed by atoms with E-state index in [4.69, 9.17) is 10.5 Å². The van der Waals surface area contributed by atoms with Crippen LogP contribution in [0.1, 0.15) is 42.1 Å². The third-order valence-corrected chi connectivity index (χ3v) is 7.20. The molecule has 2 aromatic carbocycles. The molecule has 192 valence electrons. The maximum Gasteiger partial charge on any atom is 0.253 e. The van der Waals surface area contributed by atoms with Crippen molar-refractivity contribution < 1.29 is 19.1 Å². The molecule has 2 N–H and O–H groups in total. The second-order valence-electron chi connectivity index (χ2n) is 9.80. The first kappa shape index (κ1) is 25.7. The third-order valence-electron chi connectivity index (χ3n) is 7.20. The Balaban J connectivity index is 1.54. The molecule has 2 aromatic rings. The number of nitrogens with zero attached hydrogens (tertiary/aromatic N) is 3. The van der Waals surface area contributed by atoms with Crippen LogP contribution in [0.2, 0.25) is 0 Å². The smallest absolute Gasteiger partial charge is 0.253 e. The molecule has 3 amide bonds. The highest BCUT2D eigenvalue weighted by Crippen LogP contribution is 2.26. The van der Waals surface area contributed by atoms with Crippen LogP contribution in [0.5, 0.6) is 5.75 Å². The van der Waals surface area contributed by atoms with Crippen molar-refractivity contribution in [1.82, 2.24) is 14.7 Å². The second kappa shape index (κ2) is 11.6. The molecule has 2 aliphatic rings. The number of ether oxygens (including phenoxy) is 1. The van der Waals surface area contributed by atoms with Crippen LogP contribution in [0.4, 0.5) is 0 Å². The molecule has 1 saturated heterocycles. The van der Waals surface area contributed by atoms with Gasteiger partial charge in [-0.15, -0.1) is 0 Å². The molecule has 0 spiro atoms. The average molecular weight is 493 g/mol. The van der Waals surface area contributed by atoms with E-state index in [1.54, 1.807) is 42.0 Å². The molecule has 2 bridgehead atoms. The van der Waals surface area contributed by atoms with Crippen LogP contribution in [-0.2, 0) is 16.0 Å². The number of carbonyl (C=O) groups is 3. The Morgan fingerprint density at radius 3 is 2.67 bits per heavy atom. The first-order chi connectivity index (χ1) is 17.3. The van der Waals surface area contributed by atoms with Gasteiger partial charge in [-0.3, -0.25) is 14.4 Å². The van der Waals surface area contributed by atoms with E-state index in [1.807, 2.05) is 29.2 Å². The van der Waals surface area contributed by atoms with Crippen molar-refractivity contribution in [1.29, 1.82) is 0 Å². The van der Waals surface area contributed by atoms with Crippen molar-refractivity contribution >= 4 is 17.7 Å². The maximum absolute atomic E-state index is 13.4. The van der Waals surface area contributed by atoms with Crippen molar-refractivity contribution in [3.8, 4) is 5.75 Å². The van der Waals surface area contributed by atoms with E-state index in [0.29, 0.717) is 50.2 Å². The Hall–Kier alpha value is -3.39. The molecule has 2 heterocycles. The van der Waals surface area contributed by atoms with Gasteiger partial charge in [0.1, 0.15) is 12.4 Å². The standard InChI is InChI=1S/C28H36N4O4/c1-20(33)31(15-13-21-8-4-3-5-9-21)23-17-24-19-36-25-11-6-10-22(16-25)27(34)30(2)14-7-12-26(29)28(35)32(24)18-23/h3-6,8-11,16,23-24,26H,7,12-15,17-19,29H2,1-2H3/t23-,24-,26-/m0/s1. The van der Waals surface area contributed by atoms with Crippen LogP contribution in [0.3, 0.4) is 0 Å². The van der Waals surface area contributed by atoms with Crippen molar-refractivity contribution in [2.75, 3.05) is 33.3 Å². The highest BCUT2D eigenvalue weighted by atomic mass is 16.5. The van der Waals surface area contributed by atoms with E-state index in [0.717, 1.165) is 6.42 Å². The summed E-state index contributed by atoms with van der Waals surface area (Å²) in [5, 5.41) is 0. The number of nitrogens with two attached hydrogens (primary N) is 1. The fourth-order valence-electron chi connectivity index (χ4n) is 5.16. The molecule has 8 heteroatoms. The minimum atomic E-state index is -0.661. The first-order valence-electron chi connectivity index (χ1n) is 12.7. The zero-order valence-electron chi connectivity index (χ0n) is 21.1. The zero-order valence-corrected chi connectivity index (χ0v) is 21.1. The Kier molecular flexibility index (Phi) is 8.25. The van der Waals surface area contributed by atoms with Crippen molar-refractivity contribution in [3.05, 3.63) is 65.7 Å². The largest absolute Gasteiger partial charge is 0.491 e. The fraction of sp³-hybridized carbons (Fsp3) is 0.464. The minimum absolute atomic E-state index is 0.00524. The normalized spacial score (nSPS) is 23.0. The number of hydrogen-bond acceptors (Lipinski definition) is 5. The summed E-state index contributed by atoms with van der Waals surface area (Å²) in [5.74, 6) is 0.362. The van der Waals surface area contributed by atoms with Gasteiger partial charge in [0.15, 0.2) is 0 Å². The molecular formula is C28H36N4O4. The summed E-state index contributed by atoms with van der Waals surface area (Å²) < 4.78 is 6.08. The first-order valence-corrected chi connectivity index (χ1v) is 12.7. The van der Waals surface area contributed by atoms with Crippen LogP contribution >= 0.6 is 0 Å². The van der Waals surface area contributed by atoms with E-state index in [-0.39, 0.29) is 36.4 Å². The lowest BCUT2D eigenvalue weighted by atomic mass is 10.1. The monoisotopic (exact) mass is 492 g/mol. The van der Waals surface area contributed by atoms with E-state index in [9.17, 15) is 14.4 Å². The highest BCUT2D eigenvalue weighted by Gasteiger charge is 2.40. The van der Waals surface area contributed by atoms with Crippen LogP contribution in [0.15, 0.2) is 54.6 Å². The molecule has 0 unspecified atom stereocenters. The van der Waals surface area contributed by atoms with Crippen molar-refractivity contribution in [2.45, 2.75) is 50.7 Å². The number of carbonyl (C=O) groups excluding carboxylic acids is 3. The van der Waals surface area contributed by atoms with E-state index in [2.05, 4.69) is 12.1 Å². The number of fused-ring (bicyclic) bond motifs is 3. The van der Waals surface area contributed by atoms with E-state index in [1.165, 1.54) is 5.56 Å². The molecule has 0 radical (unpaired) electrons. The predicted octanol–water partition coefficient (Wildman–Crippen LogP) is 2.32. The lowest BCUT2D eigenvalue weighted by Crippen LogP contribution is -2.49. The Bertz CT molecular complexity index is 1080. The van der Waals surface area contributed by atoms with Gasteiger partial charge in [0.2, 0.25) is 11.8 Å². The van der Waals surface area contributed by atoms with E-state index < -0.39 is 6.04 Å². The Morgan fingerprint density at radius 1 is 1.14 bits per heavy atom. The highest BCUT2D eigenvalue weighted by molar-refractivity contribution is 5.94. The number of rotatable bonds is 4. The van der Waals surface area contributed by atoms with Crippen LogP contribution in [-0.4, -0.2) is 83.8 Å².